The molecule has 2 aromatic carbocycles. The summed E-state index contributed by atoms with van der Waals surface area (Å²) in [6.45, 7) is 4.98. The first-order chi connectivity index (χ1) is 15.9. The fourth-order valence-corrected chi connectivity index (χ4v) is 6.30. The molecule has 1 atom stereocenters. The average Bonchev–Trinajstić information content (AvgIpc) is 2.84. The highest BCUT2D eigenvalue weighted by atomic mass is 32.2. The van der Waals surface area contributed by atoms with E-state index < -0.39 is 16.2 Å². The number of piperidine rings is 1. The first-order valence-electron chi connectivity index (χ1n) is 11.6. The predicted molar refractivity (Wildman–Crippen MR) is 127 cm³/mol. The van der Waals surface area contributed by atoms with Crippen molar-refractivity contribution in [1.82, 2.24) is 14.1 Å². The van der Waals surface area contributed by atoms with E-state index >= 15 is 0 Å². The quantitative estimate of drug-likeness (QED) is 0.646. The molecule has 8 heteroatoms. The smallest absolute Gasteiger partial charge is 0.245 e. The Morgan fingerprint density at radius 3 is 2.21 bits per heavy atom. The summed E-state index contributed by atoms with van der Waals surface area (Å²) in [5.74, 6) is 0.662. The molecule has 0 aromatic heterocycles. The molecule has 0 spiro atoms. The van der Waals surface area contributed by atoms with Crippen LogP contribution in [0.25, 0.3) is 0 Å². The summed E-state index contributed by atoms with van der Waals surface area (Å²) in [5, 5.41) is 0. The minimum atomic E-state index is -3.80. The van der Waals surface area contributed by atoms with Gasteiger partial charge >= 0.3 is 0 Å². The number of hydrogen-bond acceptors (Lipinski definition) is 5. The minimum absolute atomic E-state index is 0.0264. The van der Waals surface area contributed by atoms with E-state index in [2.05, 4.69) is 4.90 Å². The summed E-state index contributed by atoms with van der Waals surface area (Å²) < 4.78 is 34.2. The van der Waals surface area contributed by atoms with Crippen LogP contribution in [0.4, 0.5) is 0 Å². The monoisotopic (exact) mass is 471 g/mol. The van der Waals surface area contributed by atoms with Crippen LogP contribution in [0, 0.1) is 6.92 Å². The number of aryl methyl sites for hydroxylation is 1. The highest BCUT2D eigenvalue weighted by Gasteiger charge is 2.41. The zero-order valence-corrected chi connectivity index (χ0v) is 20.3. The number of sulfonamides is 1. The third-order valence-corrected chi connectivity index (χ3v) is 8.38. The summed E-state index contributed by atoms with van der Waals surface area (Å²) in [6, 6.07) is 14.2. The van der Waals surface area contributed by atoms with E-state index in [0.717, 1.165) is 37.1 Å². The van der Waals surface area contributed by atoms with Crippen molar-refractivity contribution in [3.05, 3.63) is 59.7 Å². The lowest BCUT2D eigenvalue weighted by Crippen LogP contribution is -2.54. The van der Waals surface area contributed by atoms with Gasteiger partial charge in [-0.05, 0) is 69.1 Å². The molecule has 2 fully saturated rings. The number of methoxy groups -OCH3 is 1. The topological polar surface area (TPSA) is 70.2 Å². The number of rotatable bonds is 6. The summed E-state index contributed by atoms with van der Waals surface area (Å²) in [4.78, 5) is 17.6. The molecule has 0 bridgehead atoms. The first kappa shape index (κ1) is 23.7. The number of benzene rings is 2. The van der Waals surface area contributed by atoms with Crippen LogP contribution in [0.1, 0.15) is 43.0 Å². The maximum Gasteiger partial charge on any atom is 0.245 e. The molecule has 33 heavy (non-hydrogen) atoms. The molecule has 2 saturated heterocycles. The molecule has 1 amide bonds. The van der Waals surface area contributed by atoms with E-state index in [1.807, 2.05) is 31.2 Å². The fourth-order valence-electron chi connectivity index (χ4n) is 4.68. The summed E-state index contributed by atoms with van der Waals surface area (Å²) in [6.07, 6.45) is 3.31. The van der Waals surface area contributed by atoms with Gasteiger partial charge in [0.05, 0.1) is 18.6 Å². The van der Waals surface area contributed by atoms with Crippen LogP contribution in [0.3, 0.4) is 0 Å². The van der Waals surface area contributed by atoms with Crippen molar-refractivity contribution < 1.29 is 17.9 Å². The van der Waals surface area contributed by atoms with Crippen LogP contribution in [-0.4, -0.2) is 68.3 Å². The van der Waals surface area contributed by atoms with Gasteiger partial charge in [-0.2, -0.15) is 4.31 Å². The van der Waals surface area contributed by atoms with E-state index in [4.69, 9.17) is 4.74 Å². The number of likely N-dealkylation sites (tertiary alicyclic amines) is 1. The fraction of sp³-hybridized carbons (Fsp3) is 0.480. The van der Waals surface area contributed by atoms with E-state index in [-0.39, 0.29) is 10.8 Å². The Morgan fingerprint density at radius 2 is 1.58 bits per heavy atom. The van der Waals surface area contributed by atoms with Gasteiger partial charge in [0.15, 0.2) is 0 Å². The van der Waals surface area contributed by atoms with Gasteiger partial charge in [-0.3, -0.25) is 9.69 Å². The van der Waals surface area contributed by atoms with Crippen LogP contribution in [0.5, 0.6) is 5.75 Å². The molecular formula is C25H33N3O4S. The molecule has 7 nitrogen and oxygen atoms in total. The Morgan fingerprint density at radius 1 is 0.909 bits per heavy atom. The predicted octanol–water partition coefficient (Wildman–Crippen LogP) is 3.41. The van der Waals surface area contributed by atoms with Gasteiger partial charge < -0.3 is 9.64 Å². The highest BCUT2D eigenvalue weighted by Crippen LogP contribution is 2.35. The molecule has 2 aliphatic rings. The van der Waals surface area contributed by atoms with Gasteiger partial charge in [0.25, 0.3) is 0 Å². The number of carbonyl (C=O) groups is 1. The Hall–Kier alpha value is -2.42. The Kier molecular flexibility index (Phi) is 7.36. The molecule has 0 aliphatic carbocycles. The molecular weight excluding hydrogens is 438 g/mol. The average molecular weight is 472 g/mol. The SMILES string of the molecule is COc1ccc([C@H]2N(C(=O)CN3CCCCC3)CCCN2S(=O)(=O)c2ccc(C)cc2)cc1. The number of ether oxygens (including phenoxy) is 1. The second kappa shape index (κ2) is 10.2. The molecule has 0 N–H and O–H groups in total. The van der Waals surface area contributed by atoms with Crippen molar-refractivity contribution in [1.29, 1.82) is 0 Å². The molecule has 0 unspecified atom stereocenters. The first-order valence-corrected chi connectivity index (χ1v) is 13.1. The highest BCUT2D eigenvalue weighted by molar-refractivity contribution is 7.89. The molecule has 178 valence electrons. The van der Waals surface area contributed by atoms with Crippen molar-refractivity contribution in [2.45, 2.75) is 43.7 Å². The van der Waals surface area contributed by atoms with Crippen LogP contribution >= 0.6 is 0 Å². The van der Waals surface area contributed by atoms with Gasteiger partial charge in [0, 0.05) is 13.1 Å². The lowest BCUT2D eigenvalue weighted by Gasteiger charge is -2.44. The Balaban J connectivity index is 1.69. The Labute approximate surface area is 197 Å². The minimum Gasteiger partial charge on any atom is -0.497 e. The third-order valence-electron chi connectivity index (χ3n) is 6.51. The van der Waals surface area contributed by atoms with E-state index in [0.29, 0.717) is 31.8 Å². The lowest BCUT2D eigenvalue weighted by atomic mass is 10.1. The maximum atomic E-state index is 13.7. The molecule has 2 heterocycles. The molecule has 0 radical (unpaired) electrons. The van der Waals surface area contributed by atoms with Gasteiger partial charge in [0.1, 0.15) is 11.9 Å². The molecule has 0 saturated carbocycles. The van der Waals surface area contributed by atoms with Crippen molar-refractivity contribution >= 4 is 15.9 Å². The number of nitrogens with zero attached hydrogens (tertiary/aromatic N) is 3. The normalized spacial score (nSPS) is 20.5. The van der Waals surface area contributed by atoms with Gasteiger partial charge in [-0.25, -0.2) is 8.42 Å². The maximum absolute atomic E-state index is 13.7. The second-order valence-corrected chi connectivity index (χ2v) is 10.7. The number of amides is 1. The van der Waals surface area contributed by atoms with Crippen LogP contribution < -0.4 is 4.74 Å². The molecule has 4 rings (SSSR count). The van der Waals surface area contributed by atoms with Crippen molar-refractivity contribution in [3.63, 3.8) is 0 Å². The van der Waals surface area contributed by atoms with Gasteiger partial charge in [-0.1, -0.05) is 36.2 Å². The van der Waals surface area contributed by atoms with Crippen LogP contribution in [0.15, 0.2) is 53.4 Å². The lowest BCUT2D eigenvalue weighted by molar-refractivity contribution is -0.139. The van der Waals surface area contributed by atoms with Crippen molar-refractivity contribution in [3.8, 4) is 5.75 Å². The van der Waals surface area contributed by atoms with Crippen molar-refractivity contribution in [2.24, 2.45) is 0 Å². The van der Waals surface area contributed by atoms with Crippen LogP contribution in [0.2, 0.25) is 0 Å². The van der Waals surface area contributed by atoms with E-state index in [1.54, 1.807) is 36.3 Å². The van der Waals surface area contributed by atoms with E-state index in [9.17, 15) is 13.2 Å². The molecule has 2 aliphatic heterocycles. The van der Waals surface area contributed by atoms with Crippen molar-refractivity contribution in [2.75, 3.05) is 39.8 Å². The van der Waals surface area contributed by atoms with Crippen LogP contribution in [-0.2, 0) is 14.8 Å². The second-order valence-electron chi connectivity index (χ2n) is 8.85. The summed E-state index contributed by atoms with van der Waals surface area (Å²) >= 11 is 0. The molecule has 2 aromatic rings. The standard InChI is InChI=1S/C25H33N3O4S/c1-20-7-13-23(14-8-20)33(30,31)28-18-6-17-27(24(29)19-26-15-4-3-5-16-26)25(28)21-9-11-22(32-2)12-10-21/h7-14,25H,3-6,15-19H2,1-2H3/t25-/m0/s1. The zero-order chi connectivity index (χ0) is 23.4. The number of carbonyl (C=O) groups excluding carboxylic acids is 1. The summed E-state index contributed by atoms with van der Waals surface area (Å²) in [7, 11) is -2.20. The summed E-state index contributed by atoms with van der Waals surface area (Å²) in [5.41, 5.74) is 1.76. The van der Waals surface area contributed by atoms with Gasteiger partial charge in [0.2, 0.25) is 15.9 Å². The third kappa shape index (κ3) is 5.23. The van der Waals surface area contributed by atoms with Gasteiger partial charge in [-0.15, -0.1) is 0 Å². The number of hydrogen-bond donors (Lipinski definition) is 0. The van der Waals surface area contributed by atoms with E-state index in [1.165, 1.54) is 10.7 Å². The Bertz CT molecular complexity index is 1050. The largest absolute Gasteiger partial charge is 0.497 e. The zero-order valence-electron chi connectivity index (χ0n) is 19.4.